The number of benzene rings is 1. The fourth-order valence-electron chi connectivity index (χ4n) is 2.31. The van der Waals surface area contributed by atoms with Gasteiger partial charge in [-0.1, -0.05) is 52.8 Å². The number of para-hydroxylation sites is 1. The van der Waals surface area contributed by atoms with E-state index >= 15 is 0 Å². The molecule has 1 aromatic carbocycles. The molecule has 0 fully saturated rings. The van der Waals surface area contributed by atoms with Crippen LogP contribution in [0, 0.1) is 5.41 Å². The van der Waals surface area contributed by atoms with Gasteiger partial charge >= 0.3 is 0 Å². The van der Waals surface area contributed by atoms with Crippen LogP contribution in [0.15, 0.2) is 24.3 Å². The summed E-state index contributed by atoms with van der Waals surface area (Å²) >= 11 is 0. The molecule has 0 radical (unpaired) electrons. The van der Waals surface area contributed by atoms with Gasteiger partial charge in [0, 0.05) is 17.6 Å². The molecule has 2 rings (SSSR count). The van der Waals surface area contributed by atoms with E-state index in [9.17, 15) is 4.79 Å². The number of aryl methyl sites for hydroxylation is 1. The molecule has 0 unspecified atom stereocenters. The smallest absolute Gasteiger partial charge is 0.232 e. The van der Waals surface area contributed by atoms with Crippen molar-refractivity contribution >= 4 is 11.6 Å². The fourth-order valence-corrected chi connectivity index (χ4v) is 2.31. The number of fused-ring (bicyclic) bond motifs is 1. The molecular weight excluding hydrogens is 234 g/mol. The number of carbonyl (C=O) groups excluding carboxylic acids is 1. The predicted molar refractivity (Wildman–Crippen MR) is 82.5 cm³/mol. The van der Waals surface area contributed by atoms with Gasteiger partial charge in [-0.2, -0.15) is 0 Å². The molecule has 1 aliphatic heterocycles. The maximum Gasteiger partial charge on any atom is 0.232 e. The Hall–Kier alpha value is -1.31. The zero-order valence-electron chi connectivity index (χ0n) is 13.0. The predicted octanol–water partition coefficient (Wildman–Crippen LogP) is 4.43. The Balaban J connectivity index is 0.000000861. The first kappa shape index (κ1) is 15.7. The highest BCUT2D eigenvalue weighted by Gasteiger charge is 2.29. The number of carbonyl (C=O) groups is 1. The van der Waals surface area contributed by atoms with E-state index in [1.54, 1.807) is 0 Å². The molecule has 19 heavy (non-hydrogen) atoms. The van der Waals surface area contributed by atoms with Crippen LogP contribution in [0.5, 0.6) is 0 Å². The van der Waals surface area contributed by atoms with Crippen molar-refractivity contribution in [2.75, 3.05) is 11.4 Å². The summed E-state index contributed by atoms with van der Waals surface area (Å²) in [5.74, 6) is 0.229. The van der Waals surface area contributed by atoms with Crippen LogP contribution < -0.4 is 4.90 Å². The van der Waals surface area contributed by atoms with Crippen molar-refractivity contribution in [1.82, 2.24) is 0 Å². The Labute approximate surface area is 117 Å². The van der Waals surface area contributed by atoms with Crippen LogP contribution >= 0.6 is 0 Å². The number of hydrogen-bond donors (Lipinski definition) is 0. The highest BCUT2D eigenvalue weighted by Crippen LogP contribution is 2.29. The van der Waals surface area contributed by atoms with Crippen LogP contribution in [-0.2, 0) is 11.2 Å². The monoisotopic (exact) mass is 261 g/mol. The summed E-state index contributed by atoms with van der Waals surface area (Å²) in [6.07, 6.45) is 3.35. The highest BCUT2D eigenvalue weighted by molar-refractivity contribution is 5.97. The third-order valence-electron chi connectivity index (χ3n) is 3.25. The number of anilines is 1. The summed E-state index contributed by atoms with van der Waals surface area (Å²) in [6.45, 7) is 10.8. The molecular formula is C17H27NO. The van der Waals surface area contributed by atoms with Crippen molar-refractivity contribution in [2.24, 2.45) is 5.41 Å². The Kier molecular flexibility index (Phi) is 5.59. The minimum atomic E-state index is -0.308. The lowest BCUT2D eigenvalue weighted by molar-refractivity contribution is -0.125. The molecule has 0 spiro atoms. The molecule has 0 bridgehead atoms. The summed E-state index contributed by atoms with van der Waals surface area (Å²) in [5, 5.41) is 0. The molecule has 0 saturated heterocycles. The number of amides is 1. The molecule has 0 aromatic heterocycles. The second-order valence-electron chi connectivity index (χ2n) is 5.79. The minimum Gasteiger partial charge on any atom is -0.312 e. The Morgan fingerprint density at radius 1 is 1.11 bits per heavy atom. The molecule has 2 heteroatoms. The first-order valence-corrected chi connectivity index (χ1v) is 7.40. The summed E-state index contributed by atoms with van der Waals surface area (Å²) in [5.41, 5.74) is 2.12. The van der Waals surface area contributed by atoms with Gasteiger partial charge in [0.25, 0.3) is 0 Å². The Morgan fingerprint density at radius 3 is 2.37 bits per heavy atom. The lowest BCUT2D eigenvalue weighted by atomic mass is 9.94. The molecule has 0 N–H and O–H groups in total. The SMILES string of the molecule is CC.CC(C)(C)C(=O)N1CCCCc2ccccc21. The van der Waals surface area contributed by atoms with Gasteiger partial charge in [-0.05, 0) is 30.9 Å². The maximum absolute atomic E-state index is 12.5. The van der Waals surface area contributed by atoms with E-state index in [1.807, 2.05) is 45.6 Å². The minimum absolute atomic E-state index is 0.229. The van der Waals surface area contributed by atoms with Crippen molar-refractivity contribution in [2.45, 2.75) is 53.9 Å². The largest absolute Gasteiger partial charge is 0.312 e. The molecule has 1 aliphatic rings. The summed E-state index contributed by atoms with van der Waals surface area (Å²) in [4.78, 5) is 14.4. The normalized spacial score (nSPS) is 14.9. The zero-order valence-corrected chi connectivity index (χ0v) is 13.0. The summed E-state index contributed by atoms with van der Waals surface area (Å²) in [7, 11) is 0. The van der Waals surface area contributed by atoms with E-state index in [1.165, 1.54) is 12.0 Å². The Bertz CT molecular complexity index is 418. The lowest BCUT2D eigenvalue weighted by Crippen LogP contribution is -2.40. The van der Waals surface area contributed by atoms with E-state index < -0.39 is 0 Å². The molecule has 1 aromatic rings. The van der Waals surface area contributed by atoms with Crippen LogP contribution in [0.1, 0.15) is 53.0 Å². The van der Waals surface area contributed by atoms with Crippen molar-refractivity contribution in [3.05, 3.63) is 29.8 Å². The van der Waals surface area contributed by atoms with Crippen molar-refractivity contribution in [1.29, 1.82) is 0 Å². The Morgan fingerprint density at radius 2 is 1.74 bits per heavy atom. The van der Waals surface area contributed by atoms with Gasteiger partial charge < -0.3 is 4.90 Å². The molecule has 1 heterocycles. The summed E-state index contributed by atoms with van der Waals surface area (Å²) < 4.78 is 0. The molecule has 0 aliphatic carbocycles. The maximum atomic E-state index is 12.5. The third-order valence-corrected chi connectivity index (χ3v) is 3.25. The fraction of sp³-hybridized carbons (Fsp3) is 0.588. The third kappa shape index (κ3) is 3.82. The average molecular weight is 261 g/mol. The van der Waals surface area contributed by atoms with Crippen molar-refractivity contribution < 1.29 is 4.79 Å². The zero-order chi connectivity index (χ0) is 14.5. The van der Waals surface area contributed by atoms with E-state index in [0.29, 0.717) is 0 Å². The van der Waals surface area contributed by atoms with E-state index in [2.05, 4.69) is 18.2 Å². The van der Waals surface area contributed by atoms with Crippen LogP contribution in [0.4, 0.5) is 5.69 Å². The second-order valence-corrected chi connectivity index (χ2v) is 5.79. The van der Waals surface area contributed by atoms with Gasteiger partial charge in [0.15, 0.2) is 0 Å². The van der Waals surface area contributed by atoms with Gasteiger partial charge in [-0.25, -0.2) is 0 Å². The topological polar surface area (TPSA) is 20.3 Å². The molecule has 106 valence electrons. The van der Waals surface area contributed by atoms with Crippen molar-refractivity contribution in [3.8, 4) is 0 Å². The van der Waals surface area contributed by atoms with E-state index in [4.69, 9.17) is 0 Å². The van der Waals surface area contributed by atoms with Crippen LogP contribution in [0.3, 0.4) is 0 Å². The molecule has 2 nitrogen and oxygen atoms in total. The van der Waals surface area contributed by atoms with Gasteiger partial charge in [0.1, 0.15) is 0 Å². The quantitative estimate of drug-likeness (QED) is 0.676. The summed E-state index contributed by atoms with van der Waals surface area (Å²) in [6, 6.07) is 8.30. The van der Waals surface area contributed by atoms with Crippen LogP contribution in [-0.4, -0.2) is 12.5 Å². The first-order valence-electron chi connectivity index (χ1n) is 7.40. The lowest BCUT2D eigenvalue weighted by Gasteiger charge is -2.29. The van der Waals surface area contributed by atoms with Crippen LogP contribution in [0.25, 0.3) is 0 Å². The van der Waals surface area contributed by atoms with Gasteiger partial charge in [0.05, 0.1) is 0 Å². The highest BCUT2D eigenvalue weighted by atomic mass is 16.2. The first-order chi connectivity index (χ1) is 9.00. The number of rotatable bonds is 0. The van der Waals surface area contributed by atoms with Crippen LogP contribution in [0.2, 0.25) is 0 Å². The number of hydrogen-bond acceptors (Lipinski definition) is 1. The van der Waals surface area contributed by atoms with Crippen molar-refractivity contribution in [3.63, 3.8) is 0 Å². The molecule has 1 amide bonds. The van der Waals surface area contributed by atoms with E-state index in [-0.39, 0.29) is 11.3 Å². The average Bonchev–Trinajstić information content (AvgIpc) is 2.61. The molecule has 0 saturated carbocycles. The second kappa shape index (κ2) is 6.74. The standard InChI is InChI=1S/C15H21NO.C2H6/c1-15(2,3)14(17)16-11-7-6-9-12-8-4-5-10-13(12)16;1-2/h4-5,8,10H,6-7,9,11H2,1-3H3;1-2H3. The molecule has 0 atom stereocenters. The van der Waals surface area contributed by atoms with Gasteiger partial charge in [-0.3, -0.25) is 4.79 Å². The number of nitrogens with zero attached hydrogens (tertiary/aromatic N) is 1. The van der Waals surface area contributed by atoms with Gasteiger partial charge in [0.2, 0.25) is 5.91 Å². The van der Waals surface area contributed by atoms with E-state index in [0.717, 1.165) is 25.1 Å². The van der Waals surface area contributed by atoms with Gasteiger partial charge in [-0.15, -0.1) is 0 Å².